The normalized spacial score (nSPS) is 12.6. The summed E-state index contributed by atoms with van der Waals surface area (Å²) in [6.07, 6.45) is 0. The molecule has 1 aliphatic heterocycles. The number of benzene rings is 2. The number of halogens is 1. The third-order valence-electron chi connectivity index (χ3n) is 3.88. The van der Waals surface area contributed by atoms with Crippen molar-refractivity contribution in [3.8, 4) is 5.75 Å². The standard InChI is InChI=1S/C18H14FN3O7/c19-11-1-3-12(4-2-11)20-16(23)9-29-18(25)8-21-14-7-13(22(26)27)5-6-15(14)28-10-17(21)24/h1-7H,8-10H2,(H,20,23). The van der Waals surface area contributed by atoms with Gasteiger partial charge in [0.2, 0.25) is 0 Å². The molecule has 10 nitrogen and oxygen atoms in total. The molecule has 3 rings (SSSR count). The molecule has 0 radical (unpaired) electrons. The Morgan fingerprint density at radius 2 is 1.97 bits per heavy atom. The van der Waals surface area contributed by atoms with Gasteiger partial charge >= 0.3 is 5.97 Å². The molecule has 1 heterocycles. The summed E-state index contributed by atoms with van der Waals surface area (Å²) in [5, 5.41) is 13.4. The summed E-state index contributed by atoms with van der Waals surface area (Å²) < 4.78 is 22.9. The first-order valence-corrected chi connectivity index (χ1v) is 8.26. The Balaban J connectivity index is 1.61. The zero-order valence-electron chi connectivity index (χ0n) is 14.8. The number of esters is 1. The van der Waals surface area contributed by atoms with Crippen molar-refractivity contribution in [3.63, 3.8) is 0 Å². The molecule has 2 aromatic carbocycles. The molecule has 2 amide bonds. The predicted octanol–water partition coefficient (Wildman–Crippen LogP) is 1.64. The van der Waals surface area contributed by atoms with Crippen LogP contribution in [0.25, 0.3) is 0 Å². The molecule has 150 valence electrons. The molecule has 0 aliphatic carbocycles. The summed E-state index contributed by atoms with van der Waals surface area (Å²) in [5.41, 5.74) is 0.0966. The molecule has 0 spiro atoms. The van der Waals surface area contributed by atoms with E-state index in [1.807, 2.05) is 0 Å². The number of nitrogens with zero attached hydrogens (tertiary/aromatic N) is 2. The highest BCUT2D eigenvalue weighted by molar-refractivity contribution is 6.02. The molecule has 11 heteroatoms. The fourth-order valence-electron chi connectivity index (χ4n) is 2.53. The van der Waals surface area contributed by atoms with Crippen LogP contribution in [0.15, 0.2) is 42.5 Å². The Kier molecular flexibility index (Phi) is 5.67. The smallest absolute Gasteiger partial charge is 0.326 e. The summed E-state index contributed by atoms with van der Waals surface area (Å²) in [7, 11) is 0. The van der Waals surface area contributed by atoms with Crippen molar-refractivity contribution in [2.75, 3.05) is 30.0 Å². The Morgan fingerprint density at radius 3 is 2.66 bits per heavy atom. The van der Waals surface area contributed by atoms with E-state index in [0.29, 0.717) is 5.69 Å². The lowest BCUT2D eigenvalue weighted by Crippen LogP contribution is -2.42. The molecule has 1 N–H and O–H groups in total. The number of hydrogen-bond donors (Lipinski definition) is 1. The van der Waals surface area contributed by atoms with Crippen LogP contribution in [-0.4, -0.2) is 42.5 Å². The van der Waals surface area contributed by atoms with Crippen molar-refractivity contribution in [1.29, 1.82) is 0 Å². The number of non-ortho nitro benzene ring substituents is 1. The number of fused-ring (bicyclic) bond motifs is 1. The summed E-state index contributed by atoms with van der Waals surface area (Å²) >= 11 is 0. The van der Waals surface area contributed by atoms with E-state index in [1.54, 1.807) is 0 Å². The van der Waals surface area contributed by atoms with Crippen LogP contribution in [0.3, 0.4) is 0 Å². The fourth-order valence-corrected chi connectivity index (χ4v) is 2.53. The lowest BCUT2D eigenvalue weighted by atomic mass is 10.2. The van der Waals surface area contributed by atoms with Gasteiger partial charge in [-0.25, -0.2) is 4.39 Å². The van der Waals surface area contributed by atoms with Crippen LogP contribution in [0.2, 0.25) is 0 Å². The van der Waals surface area contributed by atoms with Crippen molar-refractivity contribution in [3.05, 3.63) is 58.4 Å². The highest BCUT2D eigenvalue weighted by Gasteiger charge is 2.29. The zero-order chi connectivity index (χ0) is 21.0. The first-order chi connectivity index (χ1) is 13.8. The topological polar surface area (TPSA) is 128 Å². The van der Waals surface area contributed by atoms with Gasteiger partial charge in [-0.3, -0.25) is 29.4 Å². The van der Waals surface area contributed by atoms with Gasteiger partial charge in [0.05, 0.1) is 10.6 Å². The molecule has 0 saturated carbocycles. The van der Waals surface area contributed by atoms with E-state index >= 15 is 0 Å². The van der Waals surface area contributed by atoms with E-state index in [9.17, 15) is 28.9 Å². The molecule has 0 aromatic heterocycles. The van der Waals surface area contributed by atoms with Gasteiger partial charge in [0.25, 0.3) is 17.5 Å². The second-order valence-corrected chi connectivity index (χ2v) is 5.89. The number of amides is 2. The van der Waals surface area contributed by atoms with Crippen molar-refractivity contribution < 1.29 is 33.2 Å². The van der Waals surface area contributed by atoms with E-state index < -0.39 is 41.7 Å². The van der Waals surface area contributed by atoms with Crippen LogP contribution >= 0.6 is 0 Å². The van der Waals surface area contributed by atoms with Gasteiger partial charge in [-0.1, -0.05) is 0 Å². The number of rotatable bonds is 6. The minimum atomic E-state index is -0.896. The summed E-state index contributed by atoms with van der Waals surface area (Å²) in [5.74, 6) is -2.41. The minimum Gasteiger partial charge on any atom is -0.482 e. The fraction of sp³-hybridized carbons (Fsp3) is 0.167. The molecule has 0 unspecified atom stereocenters. The molecular formula is C18H14FN3O7. The lowest BCUT2D eigenvalue weighted by Gasteiger charge is -2.28. The third-order valence-corrected chi connectivity index (χ3v) is 3.88. The van der Waals surface area contributed by atoms with Gasteiger partial charge in [-0.05, 0) is 30.3 Å². The number of carbonyl (C=O) groups is 3. The highest BCUT2D eigenvalue weighted by atomic mass is 19.1. The van der Waals surface area contributed by atoms with Crippen LogP contribution in [-0.2, 0) is 19.1 Å². The molecule has 0 atom stereocenters. The van der Waals surface area contributed by atoms with Gasteiger partial charge in [0.15, 0.2) is 13.2 Å². The molecule has 2 aromatic rings. The first-order valence-electron chi connectivity index (χ1n) is 8.26. The summed E-state index contributed by atoms with van der Waals surface area (Å²) in [6, 6.07) is 8.64. The monoisotopic (exact) mass is 403 g/mol. The Labute approximate surface area is 163 Å². The second-order valence-electron chi connectivity index (χ2n) is 5.89. The molecule has 29 heavy (non-hydrogen) atoms. The third kappa shape index (κ3) is 4.83. The minimum absolute atomic E-state index is 0.0585. The van der Waals surface area contributed by atoms with Gasteiger partial charge in [-0.2, -0.15) is 0 Å². The summed E-state index contributed by atoms with van der Waals surface area (Å²) in [6.45, 7) is -1.53. The number of nitro benzene ring substituents is 1. The number of carbonyl (C=O) groups excluding carboxylic acids is 3. The maximum atomic E-state index is 12.8. The molecular weight excluding hydrogens is 389 g/mol. The van der Waals surface area contributed by atoms with E-state index in [2.05, 4.69) is 5.32 Å². The number of hydrogen-bond acceptors (Lipinski definition) is 7. The van der Waals surface area contributed by atoms with Crippen molar-refractivity contribution >= 4 is 34.8 Å². The second kappa shape index (κ2) is 8.33. The van der Waals surface area contributed by atoms with Crippen LogP contribution in [0.1, 0.15) is 0 Å². The maximum absolute atomic E-state index is 12.8. The number of nitrogens with one attached hydrogen (secondary N) is 1. The Morgan fingerprint density at radius 1 is 1.24 bits per heavy atom. The van der Waals surface area contributed by atoms with E-state index in [1.165, 1.54) is 24.3 Å². The molecule has 1 aliphatic rings. The molecule has 0 bridgehead atoms. The van der Waals surface area contributed by atoms with Crippen molar-refractivity contribution in [2.45, 2.75) is 0 Å². The van der Waals surface area contributed by atoms with Crippen LogP contribution in [0.5, 0.6) is 5.75 Å². The Bertz CT molecular complexity index is 978. The first kappa shape index (κ1) is 19.7. The van der Waals surface area contributed by atoms with Gasteiger partial charge < -0.3 is 14.8 Å². The van der Waals surface area contributed by atoms with Gasteiger partial charge in [0, 0.05) is 17.8 Å². The van der Waals surface area contributed by atoms with Crippen molar-refractivity contribution in [1.82, 2.24) is 0 Å². The predicted molar refractivity (Wildman–Crippen MR) is 96.9 cm³/mol. The van der Waals surface area contributed by atoms with E-state index in [4.69, 9.17) is 9.47 Å². The quantitative estimate of drug-likeness (QED) is 0.441. The zero-order valence-corrected chi connectivity index (χ0v) is 14.8. The number of ether oxygens (including phenoxy) is 2. The lowest BCUT2D eigenvalue weighted by molar-refractivity contribution is -0.384. The van der Waals surface area contributed by atoms with Crippen LogP contribution in [0, 0.1) is 15.9 Å². The van der Waals surface area contributed by atoms with Gasteiger partial charge in [-0.15, -0.1) is 0 Å². The van der Waals surface area contributed by atoms with Crippen LogP contribution in [0.4, 0.5) is 21.5 Å². The summed E-state index contributed by atoms with van der Waals surface area (Å²) in [4.78, 5) is 47.3. The molecule has 0 saturated heterocycles. The number of anilines is 2. The average Bonchev–Trinajstić information content (AvgIpc) is 2.70. The van der Waals surface area contributed by atoms with Crippen LogP contribution < -0.4 is 15.0 Å². The van der Waals surface area contributed by atoms with Gasteiger partial charge in [0.1, 0.15) is 18.1 Å². The largest absolute Gasteiger partial charge is 0.482 e. The van der Waals surface area contributed by atoms with E-state index in [-0.39, 0.29) is 23.7 Å². The van der Waals surface area contributed by atoms with Crippen molar-refractivity contribution in [2.24, 2.45) is 0 Å². The van der Waals surface area contributed by atoms with E-state index in [0.717, 1.165) is 23.1 Å². The SMILES string of the molecule is O=C(COC(=O)CN1C(=O)COc2ccc([N+](=O)[O-])cc21)Nc1ccc(F)cc1. The number of nitro groups is 1. The Hall–Kier alpha value is -4.02. The maximum Gasteiger partial charge on any atom is 0.326 e. The molecule has 0 fully saturated rings. The highest BCUT2D eigenvalue weighted by Crippen LogP contribution is 2.35. The average molecular weight is 403 g/mol.